The Balaban J connectivity index is 3.01. The van der Waals surface area contributed by atoms with Crippen LogP contribution < -0.4 is 0 Å². The van der Waals surface area contributed by atoms with E-state index in [0.717, 1.165) is 12.8 Å². The molecule has 0 radical (unpaired) electrons. The fraction of sp³-hybridized carbons (Fsp3) is 0.750. The normalized spacial score (nSPS) is 35.0. The van der Waals surface area contributed by atoms with E-state index >= 15 is 0 Å². The smallest absolute Gasteiger partial charge is 0.435 e. The van der Waals surface area contributed by atoms with Crippen molar-refractivity contribution in [1.82, 2.24) is 0 Å². The van der Waals surface area contributed by atoms with Gasteiger partial charge in [0.2, 0.25) is 0 Å². The summed E-state index contributed by atoms with van der Waals surface area (Å²) in [4.78, 5) is 22.1. The quantitative estimate of drug-likeness (QED) is 0.559. The summed E-state index contributed by atoms with van der Waals surface area (Å²) < 4.78 is -0.375. The van der Waals surface area contributed by atoms with E-state index in [-0.39, 0.29) is 16.4 Å². The van der Waals surface area contributed by atoms with E-state index in [0.29, 0.717) is 6.54 Å². The van der Waals surface area contributed by atoms with Crippen LogP contribution in [0.4, 0.5) is 4.79 Å². The summed E-state index contributed by atoms with van der Waals surface area (Å²) in [5.41, 5.74) is 0. The summed E-state index contributed by atoms with van der Waals surface area (Å²) in [5, 5.41) is 8.96. The van der Waals surface area contributed by atoms with Crippen LogP contribution in [0.25, 0.3) is 0 Å². The number of nitrogens with zero attached hydrogens (tertiary/aromatic N) is 1. The van der Waals surface area contributed by atoms with Gasteiger partial charge in [0.05, 0.1) is 13.5 Å². The first-order chi connectivity index (χ1) is 5.51. The highest BCUT2D eigenvalue weighted by Crippen LogP contribution is 2.27. The molecule has 1 aliphatic heterocycles. The molecule has 0 bridgehead atoms. The van der Waals surface area contributed by atoms with Crippen molar-refractivity contribution in [2.24, 2.45) is 0 Å². The number of imide groups is 1. The first-order valence-electron chi connectivity index (χ1n) is 4.14. The molecule has 0 aromatic heterocycles. The van der Waals surface area contributed by atoms with Crippen LogP contribution in [-0.4, -0.2) is 34.2 Å². The van der Waals surface area contributed by atoms with Gasteiger partial charge in [0.1, 0.15) is 6.04 Å². The lowest BCUT2D eigenvalue weighted by Gasteiger charge is -2.27. The lowest BCUT2D eigenvalue weighted by Crippen LogP contribution is -2.57. The Labute approximate surface area is 71.4 Å². The number of quaternary nitrogens is 1. The molecule has 0 aromatic rings. The highest BCUT2D eigenvalue weighted by Gasteiger charge is 2.50. The molecular weight excluding hydrogens is 158 g/mol. The first kappa shape index (κ1) is 9.19. The highest BCUT2D eigenvalue weighted by atomic mass is 16.4. The molecule has 0 saturated carbocycles. The molecule has 1 unspecified atom stereocenters. The standard InChI is InChI=1S/C8H13NO3/c1-6-4-3-5-9(6,7(2)10)8(11)12/h6H,3-5H2,1-2H3/p+1/t6-,9?/m1/s1. The predicted octanol–water partition coefficient (Wildman–Crippen LogP) is 1.21. The lowest BCUT2D eigenvalue weighted by atomic mass is 10.2. The molecule has 0 aliphatic carbocycles. The number of carbonyl (C=O) groups is 2. The summed E-state index contributed by atoms with van der Waals surface area (Å²) in [6, 6.07) is -0.0694. The second-order valence-electron chi connectivity index (χ2n) is 3.39. The summed E-state index contributed by atoms with van der Waals surface area (Å²) in [5.74, 6) is -0.257. The minimum atomic E-state index is -1.01. The Bertz CT molecular complexity index is 210. The van der Waals surface area contributed by atoms with Crippen molar-refractivity contribution in [1.29, 1.82) is 0 Å². The Kier molecular flexibility index (Phi) is 2.19. The van der Waals surface area contributed by atoms with Crippen molar-refractivity contribution in [3.63, 3.8) is 0 Å². The van der Waals surface area contributed by atoms with Crippen LogP contribution in [0.1, 0.15) is 26.7 Å². The molecule has 68 valence electrons. The first-order valence-corrected chi connectivity index (χ1v) is 4.14. The van der Waals surface area contributed by atoms with Gasteiger partial charge in [-0.1, -0.05) is 0 Å². The van der Waals surface area contributed by atoms with Crippen molar-refractivity contribution >= 4 is 12.0 Å². The van der Waals surface area contributed by atoms with E-state index in [1.807, 2.05) is 6.92 Å². The van der Waals surface area contributed by atoms with Crippen LogP contribution in [0, 0.1) is 0 Å². The Morgan fingerprint density at radius 3 is 2.25 bits per heavy atom. The van der Waals surface area contributed by atoms with E-state index < -0.39 is 6.09 Å². The maximum atomic E-state index is 11.2. The Hall–Kier alpha value is -0.900. The van der Waals surface area contributed by atoms with E-state index in [9.17, 15) is 9.59 Å². The lowest BCUT2D eigenvalue weighted by molar-refractivity contribution is -0.791. The topological polar surface area (TPSA) is 54.4 Å². The third kappa shape index (κ3) is 1.03. The number of hydrogen-bond donors (Lipinski definition) is 1. The largest absolute Gasteiger partial charge is 0.521 e. The van der Waals surface area contributed by atoms with Crippen molar-refractivity contribution in [3.05, 3.63) is 0 Å². The monoisotopic (exact) mass is 172 g/mol. The summed E-state index contributed by atoms with van der Waals surface area (Å²) in [6.45, 7) is 3.63. The number of rotatable bonds is 0. The summed E-state index contributed by atoms with van der Waals surface area (Å²) in [7, 11) is 0. The van der Waals surface area contributed by atoms with E-state index in [2.05, 4.69) is 0 Å². The molecule has 2 atom stereocenters. The third-order valence-electron chi connectivity index (χ3n) is 2.79. The third-order valence-corrected chi connectivity index (χ3v) is 2.79. The minimum absolute atomic E-state index is 0.0694. The van der Waals surface area contributed by atoms with Crippen LogP contribution in [0.2, 0.25) is 0 Å². The molecule has 12 heavy (non-hydrogen) atoms. The number of likely N-dealkylation sites (tertiary alicyclic amines) is 1. The van der Waals surface area contributed by atoms with Gasteiger partial charge in [0, 0.05) is 12.8 Å². The van der Waals surface area contributed by atoms with Gasteiger partial charge < -0.3 is 5.11 Å². The van der Waals surface area contributed by atoms with E-state index in [1.165, 1.54) is 6.92 Å². The minimum Gasteiger partial charge on any atom is -0.435 e. The zero-order chi connectivity index (χ0) is 9.35. The second kappa shape index (κ2) is 2.86. The molecule has 1 N–H and O–H groups in total. The fourth-order valence-electron chi connectivity index (χ4n) is 1.96. The maximum Gasteiger partial charge on any atom is 0.521 e. The summed E-state index contributed by atoms with van der Waals surface area (Å²) >= 11 is 0. The van der Waals surface area contributed by atoms with Gasteiger partial charge in [-0.05, 0) is 6.92 Å². The van der Waals surface area contributed by atoms with Gasteiger partial charge in [-0.25, -0.2) is 4.79 Å². The molecular formula is C8H14NO3+. The molecule has 1 fully saturated rings. The number of carbonyl (C=O) groups excluding carboxylic acids is 1. The van der Waals surface area contributed by atoms with Crippen molar-refractivity contribution in [3.8, 4) is 0 Å². The predicted molar refractivity (Wildman–Crippen MR) is 42.5 cm³/mol. The zero-order valence-corrected chi connectivity index (χ0v) is 7.41. The SMILES string of the molecule is CC(=O)[N+]1(C(=O)O)CCC[C@H]1C. The molecule has 1 saturated heterocycles. The van der Waals surface area contributed by atoms with Gasteiger partial charge in [0.25, 0.3) is 0 Å². The van der Waals surface area contributed by atoms with Crippen LogP contribution in [0.5, 0.6) is 0 Å². The van der Waals surface area contributed by atoms with Gasteiger partial charge in [-0.15, -0.1) is 0 Å². The molecule has 0 spiro atoms. The van der Waals surface area contributed by atoms with E-state index in [1.54, 1.807) is 0 Å². The Morgan fingerprint density at radius 1 is 1.50 bits per heavy atom. The fourth-order valence-corrected chi connectivity index (χ4v) is 1.96. The number of carboxylic acid groups (broad SMARTS) is 1. The van der Waals surface area contributed by atoms with Crippen LogP contribution in [-0.2, 0) is 4.79 Å². The molecule has 4 nitrogen and oxygen atoms in total. The zero-order valence-electron chi connectivity index (χ0n) is 7.41. The van der Waals surface area contributed by atoms with Gasteiger partial charge in [0.15, 0.2) is 0 Å². The average Bonchev–Trinajstić information content (AvgIpc) is 2.31. The van der Waals surface area contributed by atoms with Crippen molar-refractivity contribution < 1.29 is 19.2 Å². The molecule has 0 aromatic carbocycles. The molecule has 1 heterocycles. The highest BCUT2D eigenvalue weighted by molar-refractivity contribution is 5.78. The molecule has 1 aliphatic rings. The summed E-state index contributed by atoms with van der Waals surface area (Å²) in [6.07, 6.45) is 0.645. The number of hydrogen-bond acceptors (Lipinski definition) is 2. The molecule has 1 rings (SSSR count). The van der Waals surface area contributed by atoms with Gasteiger partial charge in [-0.2, -0.15) is 9.28 Å². The second-order valence-corrected chi connectivity index (χ2v) is 3.39. The van der Waals surface area contributed by atoms with Crippen LogP contribution >= 0.6 is 0 Å². The van der Waals surface area contributed by atoms with Crippen LogP contribution in [0.3, 0.4) is 0 Å². The van der Waals surface area contributed by atoms with E-state index in [4.69, 9.17) is 5.11 Å². The van der Waals surface area contributed by atoms with Crippen LogP contribution in [0.15, 0.2) is 0 Å². The maximum absolute atomic E-state index is 11.2. The van der Waals surface area contributed by atoms with Crippen molar-refractivity contribution in [2.45, 2.75) is 32.7 Å². The molecule has 2 amide bonds. The van der Waals surface area contributed by atoms with Gasteiger partial charge in [-0.3, -0.25) is 0 Å². The average molecular weight is 172 g/mol. The van der Waals surface area contributed by atoms with Gasteiger partial charge >= 0.3 is 12.0 Å². The number of amides is 2. The van der Waals surface area contributed by atoms with Crippen molar-refractivity contribution in [2.75, 3.05) is 6.54 Å². The Morgan fingerprint density at radius 2 is 2.08 bits per heavy atom. The molecule has 4 heteroatoms.